The summed E-state index contributed by atoms with van der Waals surface area (Å²) >= 11 is 0. The maximum Gasteiger partial charge on any atom is 0.142 e. The minimum atomic E-state index is -0.186. The molecule has 0 N–H and O–H groups in total. The van der Waals surface area contributed by atoms with Crippen LogP contribution < -0.4 is 0 Å². The topological polar surface area (TPSA) is 53.3 Å². The maximum absolute atomic E-state index is 13.0. The van der Waals surface area contributed by atoms with E-state index in [2.05, 4.69) is 6.07 Å². The number of hydrogen-bond donors (Lipinski definition) is 0. The van der Waals surface area contributed by atoms with Gasteiger partial charge in [0.05, 0.1) is 31.2 Å². The van der Waals surface area contributed by atoms with Gasteiger partial charge >= 0.3 is 0 Å². The molecule has 0 unspecified atom stereocenters. The Morgan fingerprint density at radius 3 is 1.81 bits per heavy atom. The molecule has 0 saturated carbocycles. The van der Waals surface area contributed by atoms with Crippen LogP contribution in [0.4, 0.5) is 0 Å². The molecule has 4 nitrogen and oxygen atoms in total. The van der Waals surface area contributed by atoms with Crippen molar-refractivity contribution in [1.82, 2.24) is 5.06 Å². The smallest absolute Gasteiger partial charge is 0.142 e. The minimum Gasteiger partial charge on any atom is -0.299 e. The summed E-state index contributed by atoms with van der Waals surface area (Å²) in [6.45, 7) is 4.26. The van der Waals surface area contributed by atoms with Gasteiger partial charge in [-0.1, -0.05) is 74.5 Å². The molecule has 4 atom stereocenters. The third-order valence-electron chi connectivity index (χ3n) is 5.13. The summed E-state index contributed by atoms with van der Waals surface area (Å²) in [5.41, 5.74) is 2.11. The van der Waals surface area contributed by atoms with E-state index >= 15 is 0 Å². The van der Waals surface area contributed by atoms with E-state index in [0.29, 0.717) is 13.0 Å². The Morgan fingerprint density at radius 1 is 0.923 bits per heavy atom. The first-order valence-corrected chi connectivity index (χ1v) is 9.07. The lowest BCUT2D eigenvalue weighted by Gasteiger charge is -2.46. The number of rotatable bonds is 5. The van der Waals surface area contributed by atoms with Crippen molar-refractivity contribution in [3.8, 4) is 6.07 Å². The molecule has 0 radical (unpaired) electrons. The second kappa shape index (κ2) is 8.27. The molecule has 3 rings (SSSR count). The third kappa shape index (κ3) is 3.55. The number of hydrogen-bond acceptors (Lipinski definition) is 4. The zero-order valence-electron chi connectivity index (χ0n) is 15.2. The van der Waals surface area contributed by atoms with Crippen LogP contribution in [0.25, 0.3) is 0 Å². The number of carbonyl (C=O) groups is 1. The first-order valence-electron chi connectivity index (χ1n) is 9.07. The predicted octanol–water partition coefficient (Wildman–Crippen LogP) is 4.47. The highest BCUT2D eigenvalue weighted by atomic mass is 16.7. The van der Waals surface area contributed by atoms with Gasteiger partial charge in [-0.2, -0.15) is 10.3 Å². The van der Waals surface area contributed by atoms with Crippen LogP contribution in [-0.4, -0.2) is 17.5 Å². The molecule has 1 aliphatic rings. The van der Waals surface area contributed by atoms with E-state index in [4.69, 9.17) is 10.1 Å². The van der Waals surface area contributed by atoms with E-state index in [0.717, 1.165) is 11.1 Å². The largest absolute Gasteiger partial charge is 0.299 e. The number of nitriles is 1. The molecule has 0 aliphatic carbocycles. The molecule has 0 amide bonds. The van der Waals surface area contributed by atoms with E-state index in [1.165, 1.54) is 0 Å². The maximum atomic E-state index is 13.0. The highest BCUT2D eigenvalue weighted by Crippen LogP contribution is 2.46. The predicted molar refractivity (Wildman–Crippen MR) is 99.7 cm³/mol. The molecule has 1 heterocycles. The highest BCUT2D eigenvalue weighted by Gasteiger charge is 2.46. The molecule has 26 heavy (non-hydrogen) atoms. The van der Waals surface area contributed by atoms with E-state index in [-0.39, 0.29) is 29.7 Å². The lowest BCUT2D eigenvalue weighted by molar-refractivity contribution is -0.246. The van der Waals surface area contributed by atoms with Crippen molar-refractivity contribution < 1.29 is 9.63 Å². The monoisotopic (exact) mass is 348 g/mol. The van der Waals surface area contributed by atoms with Crippen molar-refractivity contribution in [2.75, 3.05) is 6.61 Å². The van der Waals surface area contributed by atoms with Gasteiger partial charge < -0.3 is 0 Å². The third-order valence-corrected chi connectivity index (χ3v) is 5.13. The van der Waals surface area contributed by atoms with Crippen molar-refractivity contribution >= 4 is 5.78 Å². The SMILES string of the molecule is C[C@@H]1C(=O)[C@H](C)[C@@H](c2ccccc2)N(OCCC#N)[C@H]1c1ccccc1. The Bertz CT molecular complexity index is 714. The molecule has 0 spiro atoms. The van der Waals surface area contributed by atoms with Gasteiger partial charge in [0.2, 0.25) is 0 Å². The average Bonchev–Trinajstić information content (AvgIpc) is 2.68. The first-order chi connectivity index (χ1) is 12.6. The number of benzene rings is 2. The first kappa shape index (κ1) is 18.3. The number of Topliss-reactive ketones (excluding diaryl/α,β-unsaturated/α-hetero) is 1. The molecule has 2 aromatic carbocycles. The van der Waals surface area contributed by atoms with Crippen LogP contribution in [0.2, 0.25) is 0 Å². The van der Waals surface area contributed by atoms with E-state index in [1.54, 1.807) is 0 Å². The average molecular weight is 348 g/mol. The molecular weight excluding hydrogens is 324 g/mol. The van der Waals surface area contributed by atoms with Crippen molar-refractivity contribution in [2.24, 2.45) is 11.8 Å². The Labute approximate surface area is 155 Å². The summed E-state index contributed by atoms with van der Waals surface area (Å²) in [5, 5.41) is 10.9. The van der Waals surface area contributed by atoms with Gasteiger partial charge in [0.25, 0.3) is 0 Å². The Kier molecular flexibility index (Phi) is 5.82. The fourth-order valence-corrected chi connectivity index (χ4v) is 3.87. The summed E-state index contributed by atoms with van der Waals surface area (Å²) < 4.78 is 0. The van der Waals surface area contributed by atoms with Crippen LogP contribution >= 0.6 is 0 Å². The molecular formula is C22H24N2O2. The quantitative estimate of drug-likeness (QED) is 0.748. The number of piperidine rings is 1. The molecule has 1 fully saturated rings. The van der Waals surface area contributed by atoms with Gasteiger partial charge in [0, 0.05) is 11.8 Å². The molecule has 1 saturated heterocycles. The number of carbonyl (C=O) groups excluding carboxylic acids is 1. The van der Waals surface area contributed by atoms with Crippen molar-refractivity contribution in [1.29, 1.82) is 5.26 Å². The van der Waals surface area contributed by atoms with E-state index in [9.17, 15) is 4.79 Å². The van der Waals surface area contributed by atoms with Gasteiger partial charge in [-0.25, -0.2) is 0 Å². The fraction of sp³-hybridized carbons (Fsp3) is 0.364. The van der Waals surface area contributed by atoms with Crippen LogP contribution in [-0.2, 0) is 9.63 Å². The normalized spacial score (nSPS) is 26.4. The Balaban J connectivity index is 2.05. The van der Waals surface area contributed by atoms with Crippen LogP contribution in [0, 0.1) is 23.2 Å². The summed E-state index contributed by atoms with van der Waals surface area (Å²) in [6.07, 6.45) is 0.316. The molecule has 1 aliphatic heterocycles. The van der Waals surface area contributed by atoms with E-state index < -0.39 is 0 Å². The van der Waals surface area contributed by atoms with Crippen molar-refractivity contribution in [3.05, 3.63) is 71.8 Å². The van der Waals surface area contributed by atoms with Gasteiger partial charge in [-0.15, -0.1) is 0 Å². The summed E-state index contributed by atoms with van der Waals surface area (Å²) in [4.78, 5) is 19.1. The van der Waals surface area contributed by atoms with Gasteiger partial charge in [-0.05, 0) is 11.1 Å². The van der Waals surface area contributed by atoms with Crippen LogP contribution in [0.1, 0.15) is 43.5 Å². The highest BCUT2D eigenvalue weighted by molar-refractivity contribution is 5.85. The second-order valence-corrected chi connectivity index (χ2v) is 6.79. The zero-order valence-corrected chi connectivity index (χ0v) is 15.2. The van der Waals surface area contributed by atoms with Crippen LogP contribution in [0.3, 0.4) is 0 Å². The van der Waals surface area contributed by atoms with Crippen LogP contribution in [0.15, 0.2) is 60.7 Å². The van der Waals surface area contributed by atoms with E-state index in [1.807, 2.05) is 79.6 Å². The summed E-state index contributed by atoms with van der Waals surface area (Å²) in [5.74, 6) is -0.128. The molecule has 0 aromatic heterocycles. The number of hydroxylamine groups is 2. The number of nitrogens with zero attached hydrogens (tertiary/aromatic N) is 2. The van der Waals surface area contributed by atoms with Crippen LogP contribution in [0.5, 0.6) is 0 Å². The zero-order chi connectivity index (χ0) is 18.5. The van der Waals surface area contributed by atoms with Gasteiger partial charge in [0.1, 0.15) is 5.78 Å². The number of ketones is 1. The Morgan fingerprint density at radius 2 is 1.38 bits per heavy atom. The Hall–Kier alpha value is -2.48. The second-order valence-electron chi connectivity index (χ2n) is 6.79. The molecule has 0 bridgehead atoms. The fourth-order valence-electron chi connectivity index (χ4n) is 3.87. The molecule has 134 valence electrons. The molecule has 4 heteroatoms. The van der Waals surface area contributed by atoms with Crippen molar-refractivity contribution in [2.45, 2.75) is 32.4 Å². The standard InChI is InChI=1S/C22H24N2O2/c1-16-20(18-10-5-3-6-11-18)24(26-15-9-14-23)21(17(2)22(16)25)19-12-7-4-8-13-19/h3-8,10-13,16-17,20-21H,9,15H2,1-2H3/t16-,17+,20+,21-. The van der Waals surface area contributed by atoms with Gasteiger partial charge in [0.15, 0.2) is 0 Å². The van der Waals surface area contributed by atoms with Crippen molar-refractivity contribution in [3.63, 3.8) is 0 Å². The lowest BCUT2D eigenvalue weighted by Crippen LogP contribution is -2.49. The van der Waals surface area contributed by atoms with Gasteiger partial charge in [-0.3, -0.25) is 9.63 Å². The molecule has 2 aromatic rings. The minimum absolute atomic E-state index is 0.177. The summed E-state index contributed by atoms with van der Waals surface area (Å²) in [6, 6.07) is 21.8. The summed E-state index contributed by atoms with van der Waals surface area (Å²) in [7, 11) is 0. The lowest BCUT2D eigenvalue weighted by atomic mass is 9.76.